The van der Waals surface area contributed by atoms with E-state index in [4.69, 9.17) is 9.47 Å². The van der Waals surface area contributed by atoms with Gasteiger partial charge in [-0.25, -0.2) is 4.79 Å². The molecule has 338 valence electrons. The predicted molar refractivity (Wildman–Crippen MR) is 231 cm³/mol. The molecule has 11 nitrogen and oxygen atoms in total. The van der Waals surface area contributed by atoms with Crippen LogP contribution in [0.4, 0.5) is 0 Å². The van der Waals surface area contributed by atoms with Crippen molar-refractivity contribution in [1.82, 2.24) is 4.90 Å². The number of rotatable bonds is 7. The Morgan fingerprint density at radius 2 is 1.58 bits per heavy atom. The molecule has 11 atom stereocenters. The van der Waals surface area contributed by atoms with Crippen molar-refractivity contribution < 1.29 is 48.8 Å². The van der Waals surface area contributed by atoms with Gasteiger partial charge in [0, 0.05) is 24.8 Å². The van der Waals surface area contributed by atoms with Crippen molar-refractivity contribution in [2.24, 2.45) is 47.3 Å². The van der Waals surface area contributed by atoms with Crippen molar-refractivity contribution in [2.45, 2.75) is 190 Å². The van der Waals surface area contributed by atoms with Gasteiger partial charge in [0.15, 0.2) is 0 Å². The summed E-state index contributed by atoms with van der Waals surface area (Å²) in [6.45, 7) is 22.2. The number of allylic oxidation sites excluding steroid dienone is 3. The van der Waals surface area contributed by atoms with E-state index in [0.29, 0.717) is 75.4 Å². The molecule has 2 heterocycles. The standard InChI is InChI=1S/C46H75NO10.C2H6/c1-28(2)20-37-25-32(6)23-30(4)21-29(3)22-31(5)24-35(9)46(54,55)43(51)44(52)47-17-11-10-12-38(47)45(53)57-42(33(7)13-15-39(37)49)34(8)26-36-14-16-41(40(50)27-36)56-19-18-48;1-2/h18,25-26,28-31,33,35-38,40-42,50,54-55H,10-17,19-24,27H2,1-9H3;1-2H3/b32-25+,34-26+;/t29-,30?,31?,33+,35?,36-,37+,38?,40?,41+,42-;/m0./s1. The van der Waals surface area contributed by atoms with Crippen LogP contribution in [0, 0.1) is 47.3 Å². The van der Waals surface area contributed by atoms with Gasteiger partial charge < -0.3 is 34.5 Å². The van der Waals surface area contributed by atoms with E-state index >= 15 is 0 Å². The van der Waals surface area contributed by atoms with E-state index in [1.165, 1.54) is 5.57 Å². The minimum absolute atomic E-state index is 0.0478. The highest BCUT2D eigenvalue weighted by atomic mass is 16.5. The van der Waals surface area contributed by atoms with Crippen molar-refractivity contribution in [1.29, 1.82) is 0 Å². The first-order valence-corrected chi connectivity index (χ1v) is 22.9. The Morgan fingerprint density at radius 3 is 2.20 bits per heavy atom. The summed E-state index contributed by atoms with van der Waals surface area (Å²) < 4.78 is 11.8. The van der Waals surface area contributed by atoms with Crippen molar-refractivity contribution >= 4 is 29.7 Å². The molecule has 0 aromatic carbocycles. The van der Waals surface area contributed by atoms with Crippen molar-refractivity contribution in [2.75, 3.05) is 13.2 Å². The molecular weight excluding hydrogens is 751 g/mol. The van der Waals surface area contributed by atoms with Gasteiger partial charge in [0.25, 0.3) is 11.7 Å². The summed E-state index contributed by atoms with van der Waals surface area (Å²) in [6, 6.07) is -1.09. The van der Waals surface area contributed by atoms with Crippen LogP contribution in [-0.4, -0.2) is 93.2 Å². The lowest BCUT2D eigenvalue weighted by molar-refractivity contribution is -0.206. The maximum atomic E-state index is 14.2. The second-order valence-electron chi connectivity index (χ2n) is 18.9. The Hall–Kier alpha value is -2.73. The van der Waals surface area contributed by atoms with E-state index in [1.54, 1.807) is 6.92 Å². The number of ether oxygens (including phenoxy) is 2. The van der Waals surface area contributed by atoms with E-state index < -0.39 is 53.7 Å². The van der Waals surface area contributed by atoms with Crippen molar-refractivity contribution in [3.05, 3.63) is 23.3 Å². The number of aliphatic hydroxyl groups is 3. The highest BCUT2D eigenvalue weighted by Crippen LogP contribution is 2.34. The third kappa shape index (κ3) is 16.2. The van der Waals surface area contributed by atoms with Crippen molar-refractivity contribution in [3.8, 4) is 0 Å². The molecular formula is C48H81NO10. The number of carbonyl (C=O) groups is 5. The molecule has 59 heavy (non-hydrogen) atoms. The summed E-state index contributed by atoms with van der Waals surface area (Å²) in [6.07, 6.45) is 10.4. The molecule has 5 unspecified atom stereocenters. The molecule has 0 radical (unpaired) electrons. The fraction of sp³-hybridized carbons (Fsp3) is 0.812. The molecule has 1 saturated heterocycles. The Balaban J connectivity index is 0.00000590. The zero-order valence-electron chi connectivity index (χ0n) is 38.4. The molecule has 0 bridgehead atoms. The molecule has 0 aromatic rings. The lowest BCUT2D eigenvalue weighted by Gasteiger charge is -2.37. The molecule has 0 spiro atoms. The average Bonchev–Trinajstić information content (AvgIpc) is 3.17. The normalized spacial score (nSPS) is 35.1. The maximum Gasteiger partial charge on any atom is 0.329 e. The van der Waals surface area contributed by atoms with Crippen LogP contribution >= 0.6 is 0 Å². The van der Waals surface area contributed by atoms with Gasteiger partial charge in [-0.3, -0.25) is 14.4 Å². The molecule has 1 amide bonds. The second kappa shape index (κ2) is 25.3. The Kier molecular flexibility index (Phi) is 22.4. The second-order valence-corrected chi connectivity index (χ2v) is 18.9. The van der Waals surface area contributed by atoms with E-state index in [-0.39, 0.29) is 49.0 Å². The van der Waals surface area contributed by atoms with Gasteiger partial charge in [-0.15, -0.1) is 0 Å². The summed E-state index contributed by atoms with van der Waals surface area (Å²) in [5, 5.41) is 33.2. The molecule has 2 aliphatic heterocycles. The van der Waals surface area contributed by atoms with Crippen LogP contribution in [0.2, 0.25) is 0 Å². The number of ketones is 2. The molecule has 11 heteroatoms. The van der Waals surface area contributed by atoms with Crippen LogP contribution in [0.25, 0.3) is 0 Å². The number of hydrogen-bond donors (Lipinski definition) is 3. The number of aliphatic hydroxyl groups excluding tert-OH is 1. The first-order valence-electron chi connectivity index (χ1n) is 22.9. The molecule has 2 fully saturated rings. The van der Waals surface area contributed by atoms with Crippen molar-refractivity contribution in [3.63, 3.8) is 0 Å². The largest absolute Gasteiger partial charge is 0.456 e. The van der Waals surface area contributed by atoms with E-state index in [9.17, 15) is 39.3 Å². The molecule has 0 aromatic heterocycles. The van der Waals surface area contributed by atoms with Crippen LogP contribution in [-0.2, 0) is 33.4 Å². The van der Waals surface area contributed by atoms with Gasteiger partial charge in [0.05, 0.1) is 12.2 Å². The summed E-state index contributed by atoms with van der Waals surface area (Å²) in [5.41, 5.74) is 1.94. The first-order chi connectivity index (χ1) is 27.7. The van der Waals surface area contributed by atoms with Gasteiger partial charge in [0.1, 0.15) is 30.8 Å². The quantitative estimate of drug-likeness (QED) is 0.0753. The number of fused-ring (bicyclic) bond motifs is 1. The highest BCUT2D eigenvalue weighted by Gasteiger charge is 2.48. The number of Topliss-reactive ketones (excluding diaryl/α,β-unsaturated/α-hetero) is 2. The number of hydrogen-bond acceptors (Lipinski definition) is 10. The lowest BCUT2D eigenvalue weighted by Crippen LogP contribution is -2.58. The molecule has 3 rings (SSSR count). The van der Waals surface area contributed by atoms with Crippen LogP contribution in [0.5, 0.6) is 0 Å². The SMILES string of the molecule is C/C1=C\[C@@H](CC(C)C)C(=O)CC[C@@H](C)[C@@H](/C(C)=C/[C@@H]2CC[C@@H](OCC=O)C(O)C2)OC(=O)C2CCCCN2C(=O)C(=O)C(O)(O)C(C)CC(C)C[C@@H](C)CC(C)C1.CC. The van der Waals surface area contributed by atoms with Gasteiger partial charge in [-0.2, -0.15) is 0 Å². The number of carbonyl (C=O) groups excluding carboxylic acids is 5. The number of cyclic esters (lactones) is 1. The Bertz CT molecular complexity index is 1420. The fourth-order valence-corrected chi connectivity index (χ4v) is 9.80. The fourth-order valence-electron chi connectivity index (χ4n) is 9.80. The lowest BCUT2D eigenvalue weighted by atomic mass is 9.81. The van der Waals surface area contributed by atoms with Crippen LogP contribution in [0.1, 0.15) is 160 Å². The number of piperidine rings is 1. The number of esters is 1. The molecule has 3 aliphatic rings. The molecule has 1 aliphatic carbocycles. The van der Waals surface area contributed by atoms with E-state index in [1.807, 2.05) is 40.7 Å². The predicted octanol–water partition coefficient (Wildman–Crippen LogP) is 7.96. The van der Waals surface area contributed by atoms with Gasteiger partial charge in [0.2, 0.25) is 5.79 Å². The number of nitrogens with zero attached hydrogens (tertiary/aromatic N) is 1. The number of aldehydes is 1. The third-order valence-electron chi connectivity index (χ3n) is 12.6. The van der Waals surface area contributed by atoms with Crippen LogP contribution < -0.4 is 0 Å². The molecule has 3 N–H and O–H groups in total. The monoisotopic (exact) mass is 832 g/mol. The Morgan fingerprint density at radius 1 is 0.932 bits per heavy atom. The van der Waals surface area contributed by atoms with Gasteiger partial charge >= 0.3 is 5.97 Å². The highest BCUT2D eigenvalue weighted by molar-refractivity contribution is 6.39. The third-order valence-corrected chi connectivity index (χ3v) is 12.6. The van der Waals surface area contributed by atoms with Crippen LogP contribution in [0.15, 0.2) is 23.3 Å². The average molecular weight is 832 g/mol. The topological polar surface area (TPSA) is 168 Å². The first kappa shape index (κ1) is 52.4. The summed E-state index contributed by atoms with van der Waals surface area (Å²) in [7, 11) is 0. The Labute approximate surface area is 356 Å². The smallest absolute Gasteiger partial charge is 0.329 e. The van der Waals surface area contributed by atoms with Gasteiger partial charge in [-0.05, 0) is 132 Å². The van der Waals surface area contributed by atoms with Gasteiger partial charge in [-0.1, -0.05) is 80.0 Å². The van der Waals surface area contributed by atoms with E-state index in [2.05, 4.69) is 40.7 Å². The zero-order valence-corrected chi connectivity index (χ0v) is 38.4. The minimum Gasteiger partial charge on any atom is -0.456 e. The minimum atomic E-state index is -2.90. The summed E-state index contributed by atoms with van der Waals surface area (Å²) in [4.78, 5) is 67.6. The summed E-state index contributed by atoms with van der Waals surface area (Å²) in [5.74, 6) is -6.28. The van der Waals surface area contributed by atoms with Crippen LogP contribution in [0.3, 0.4) is 0 Å². The number of amides is 1. The zero-order chi connectivity index (χ0) is 44.6. The molecule has 1 saturated carbocycles. The maximum absolute atomic E-state index is 14.2. The van der Waals surface area contributed by atoms with E-state index in [0.717, 1.165) is 36.2 Å². The summed E-state index contributed by atoms with van der Waals surface area (Å²) >= 11 is 0.